The molecule has 3 nitrogen and oxygen atoms in total. The summed E-state index contributed by atoms with van der Waals surface area (Å²) in [6, 6.07) is 7.32. The molecule has 1 N–H and O–H groups in total. The van der Waals surface area contributed by atoms with E-state index in [0.29, 0.717) is 6.04 Å². The Morgan fingerprint density at radius 1 is 1.37 bits per heavy atom. The van der Waals surface area contributed by atoms with Crippen molar-refractivity contribution in [1.82, 2.24) is 15.1 Å². The van der Waals surface area contributed by atoms with Gasteiger partial charge in [-0.1, -0.05) is 23.8 Å². The fourth-order valence-electron chi connectivity index (χ4n) is 2.99. The molecule has 100 valence electrons. The van der Waals surface area contributed by atoms with E-state index in [2.05, 4.69) is 48.7 Å². The quantitative estimate of drug-likeness (QED) is 0.914. The Morgan fingerprint density at radius 2 is 2.21 bits per heavy atom. The Hall–Kier alpha value is -1.61. The number of benzene rings is 1. The predicted octanol–water partition coefficient (Wildman–Crippen LogP) is 2.81. The van der Waals surface area contributed by atoms with Gasteiger partial charge in [0.25, 0.3) is 0 Å². The summed E-state index contributed by atoms with van der Waals surface area (Å²) in [5.41, 5.74) is 6.76. The number of nitrogens with one attached hydrogen (secondary N) is 1. The molecule has 3 rings (SSSR count). The van der Waals surface area contributed by atoms with E-state index in [4.69, 9.17) is 0 Å². The number of fused-ring (bicyclic) bond motifs is 1. The van der Waals surface area contributed by atoms with Gasteiger partial charge >= 0.3 is 0 Å². The number of hydrogen-bond donors (Lipinski definition) is 1. The Bertz CT molecular complexity index is 598. The van der Waals surface area contributed by atoms with Crippen molar-refractivity contribution < 1.29 is 0 Å². The number of aryl methyl sites for hydroxylation is 4. The molecular formula is C16H21N3. The van der Waals surface area contributed by atoms with Gasteiger partial charge in [0.2, 0.25) is 0 Å². The average molecular weight is 255 g/mol. The van der Waals surface area contributed by atoms with Crippen LogP contribution in [0.15, 0.2) is 24.4 Å². The van der Waals surface area contributed by atoms with E-state index in [9.17, 15) is 0 Å². The molecule has 1 heterocycles. The van der Waals surface area contributed by atoms with Gasteiger partial charge in [0, 0.05) is 31.4 Å². The van der Waals surface area contributed by atoms with E-state index < -0.39 is 0 Å². The van der Waals surface area contributed by atoms with Gasteiger partial charge in [0.15, 0.2) is 0 Å². The molecule has 1 aromatic heterocycles. The van der Waals surface area contributed by atoms with Crippen LogP contribution in [-0.4, -0.2) is 9.78 Å². The molecule has 0 saturated carbocycles. The fourth-order valence-corrected chi connectivity index (χ4v) is 2.99. The van der Waals surface area contributed by atoms with Crippen molar-refractivity contribution >= 4 is 0 Å². The lowest BCUT2D eigenvalue weighted by atomic mass is 10.0. The first kappa shape index (κ1) is 12.4. The summed E-state index contributed by atoms with van der Waals surface area (Å²) in [5.74, 6) is 0. The van der Waals surface area contributed by atoms with Crippen LogP contribution in [0.5, 0.6) is 0 Å². The molecule has 3 heteroatoms. The van der Waals surface area contributed by atoms with Gasteiger partial charge in [-0.15, -0.1) is 0 Å². The maximum Gasteiger partial charge on any atom is 0.0638 e. The van der Waals surface area contributed by atoms with Crippen LogP contribution in [0.3, 0.4) is 0 Å². The number of nitrogens with zero attached hydrogens (tertiary/aromatic N) is 2. The van der Waals surface area contributed by atoms with Crippen LogP contribution in [0.25, 0.3) is 0 Å². The molecule has 2 aromatic rings. The minimum Gasteiger partial charge on any atom is -0.306 e. The Morgan fingerprint density at radius 3 is 2.95 bits per heavy atom. The van der Waals surface area contributed by atoms with Gasteiger partial charge in [-0.3, -0.25) is 4.68 Å². The van der Waals surface area contributed by atoms with Crippen LogP contribution in [0.4, 0.5) is 0 Å². The van der Waals surface area contributed by atoms with Crippen molar-refractivity contribution in [3.63, 3.8) is 0 Å². The molecular weight excluding hydrogens is 234 g/mol. The second-order valence-corrected chi connectivity index (χ2v) is 5.59. The molecule has 1 aliphatic rings. The lowest BCUT2D eigenvalue weighted by Crippen LogP contribution is -2.18. The molecule has 0 aliphatic heterocycles. The predicted molar refractivity (Wildman–Crippen MR) is 77.0 cm³/mol. The van der Waals surface area contributed by atoms with Crippen LogP contribution in [0.2, 0.25) is 0 Å². The largest absolute Gasteiger partial charge is 0.306 e. The highest BCUT2D eigenvalue weighted by Crippen LogP contribution is 2.32. The summed E-state index contributed by atoms with van der Waals surface area (Å²) in [6.45, 7) is 5.14. The molecule has 0 fully saturated rings. The lowest BCUT2D eigenvalue weighted by molar-refractivity contribution is 0.529. The van der Waals surface area contributed by atoms with Crippen molar-refractivity contribution in [1.29, 1.82) is 0 Å². The lowest BCUT2D eigenvalue weighted by Gasteiger charge is -2.14. The van der Waals surface area contributed by atoms with Crippen molar-refractivity contribution in [2.75, 3.05) is 0 Å². The third-order valence-corrected chi connectivity index (χ3v) is 4.03. The second kappa shape index (κ2) is 4.82. The Balaban J connectivity index is 1.73. The van der Waals surface area contributed by atoms with Gasteiger partial charge in [-0.2, -0.15) is 5.10 Å². The third kappa shape index (κ3) is 2.43. The molecule has 0 spiro atoms. The van der Waals surface area contributed by atoms with E-state index in [-0.39, 0.29) is 0 Å². The summed E-state index contributed by atoms with van der Waals surface area (Å²) in [6.07, 6.45) is 4.51. The summed E-state index contributed by atoms with van der Waals surface area (Å²) in [7, 11) is 1.98. The molecule has 0 bridgehead atoms. The van der Waals surface area contributed by atoms with E-state index in [1.807, 2.05) is 11.7 Å². The van der Waals surface area contributed by atoms with Gasteiger partial charge in [0.05, 0.1) is 5.69 Å². The Kier molecular flexibility index (Phi) is 3.15. The minimum absolute atomic E-state index is 0.495. The summed E-state index contributed by atoms with van der Waals surface area (Å²) in [4.78, 5) is 0. The van der Waals surface area contributed by atoms with Gasteiger partial charge in [-0.25, -0.2) is 0 Å². The molecule has 1 unspecified atom stereocenters. The van der Waals surface area contributed by atoms with E-state index in [0.717, 1.165) is 12.2 Å². The highest BCUT2D eigenvalue weighted by molar-refractivity contribution is 5.37. The first-order valence-corrected chi connectivity index (χ1v) is 6.95. The average Bonchev–Trinajstić information content (AvgIpc) is 2.90. The molecule has 1 aromatic carbocycles. The van der Waals surface area contributed by atoms with Gasteiger partial charge in [0.1, 0.15) is 0 Å². The van der Waals surface area contributed by atoms with Crippen molar-refractivity contribution in [2.45, 2.75) is 39.3 Å². The highest BCUT2D eigenvalue weighted by atomic mass is 15.2. The van der Waals surface area contributed by atoms with Crippen LogP contribution < -0.4 is 5.32 Å². The summed E-state index contributed by atoms with van der Waals surface area (Å²) in [5, 5.41) is 8.07. The first-order chi connectivity index (χ1) is 9.13. The van der Waals surface area contributed by atoms with E-state index >= 15 is 0 Å². The SMILES string of the molecule is Cc1ccc2c(c1)C(NCc1cn(C)nc1C)CC2. The van der Waals surface area contributed by atoms with Crippen molar-refractivity contribution in [3.8, 4) is 0 Å². The van der Waals surface area contributed by atoms with E-state index in [1.54, 1.807) is 0 Å². The first-order valence-electron chi connectivity index (χ1n) is 6.95. The molecule has 1 atom stereocenters. The van der Waals surface area contributed by atoms with Crippen LogP contribution in [0, 0.1) is 13.8 Å². The normalized spacial score (nSPS) is 17.7. The fraction of sp³-hybridized carbons (Fsp3) is 0.438. The summed E-state index contributed by atoms with van der Waals surface area (Å²) >= 11 is 0. The topological polar surface area (TPSA) is 29.9 Å². The minimum atomic E-state index is 0.495. The van der Waals surface area contributed by atoms with Gasteiger partial charge in [-0.05, 0) is 37.8 Å². The molecule has 0 radical (unpaired) electrons. The highest BCUT2D eigenvalue weighted by Gasteiger charge is 2.22. The van der Waals surface area contributed by atoms with Gasteiger partial charge < -0.3 is 5.32 Å². The molecule has 1 aliphatic carbocycles. The molecule has 19 heavy (non-hydrogen) atoms. The zero-order valence-electron chi connectivity index (χ0n) is 11.9. The maximum absolute atomic E-state index is 4.39. The standard InChI is InChI=1S/C16H21N3/c1-11-4-5-13-6-7-16(15(13)8-11)17-9-14-10-19(3)18-12(14)2/h4-5,8,10,16-17H,6-7,9H2,1-3H3. The molecule has 0 amide bonds. The maximum atomic E-state index is 4.39. The second-order valence-electron chi connectivity index (χ2n) is 5.59. The Labute approximate surface area is 114 Å². The smallest absolute Gasteiger partial charge is 0.0638 e. The number of rotatable bonds is 3. The van der Waals surface area contributed by atoms with E-state index in [1.165, 1.54) is 35.1 Å². The number of hydrogen-bond acceptors (Lipinski definition) is 2. The summed E-state index contributed by atoms with van der Waals surface area (Å²) < 4.78 is 1.89. The third-order valence-electron chi connectivity index (χ3n) is 4.03. The van der Waals surface area contributed by atoms with Crippen LogP contribution >= 0.6 is 0 Å². The monoisotopic (exact) mass is 255 g/mol. The molecule has 0 saturated heterocycles. The zero-order chi connectivity index (χ0) is 13.4. The van der Waals surface area contributed by atoms with Crippen LogP contribution in [0.1, 0.15) is 40.4 Å². The van der Waals surface area contributed by atoms with Crippen molar-refractivity contribution in [2.24, 2.45) is 7.05 Å². The van der Waals surface area contributed by atoms with Crippen LogP contribution in [-0.2, 0) is 20.0 Å². The van der Waals surface area contributed by atoms with Crippen molar-refractivity contribution in [3.05, 3.63) is 52.3 Å². The zero-order valence-corrected chi connectivity index (χ0v) is 11.9. The number of aromatic nitrogens is 2.